The molecule has 0 amide bonds. The van der Waals surface area contributed by atoms with E-state index in [0.29, 0.717) is 5.75 Å². The quantitative estimate of drug-likeness (QED) is 0.296. The monoisotopic (exact) mass is 452 g/mol. The lowest BCUT2D eigenvalue weighted by Gasteiger charge is -2.18. The second kappa shape index (κ2) is 9.34. The van der Waals surface area contributed by atoms with Gasteiger partial charge in [0, 0.05) is 11.1 Å². The van der Waals surface area contributed by atoms with Crippen molar-refractivity contribution in [2.24, 2.45) is 0 Å². The highest BCUT2D eigenvalue weighted by Gasteiger charge is 2.27. The summed E-state index contributed by atoms with van der Waals surface area (Å²) in [7, 11) is 0. The molecule has 5 heteroatoms. The largest absolute Gasteiger partial charge is 0.487 e. The Morgan fingerprint density at radius 2 is 1.55 bits per heavy atom. The third-order valence-corrected chi connectivity index (χ3v) is 4.98. The van der Waals surface area contributed by atoms with Gasteiger partial charge in [-0.05, 0) is 33.6 Å². The zero-order chi connectivity index (χ0) is 20.8. The van der Waals surface area contributed by atoms with Gasteiger partial charge in [-0.3, -0.25) is 0 Å². The van der Waals surface area contributed by atoms with Gasteiger partial charge in [-0.25, -0.2) is 9.18 Å². The van der Waals surface area contributed by atoms with Gasteiger partial charge < -0.3 is 9.47 Å². The van der Waals surface area contributed by atoms with E-state index in [1.807, 2.05) is 30.3 Å². The topological polar surface area (TPSA) is 35.5 Å². The molecule has 0 N–H and O–H groups in total. The maximum atomic E-state index is 15.0. The fraction of sp³-hybridized carbons (Fsp3) is 0.0417. The lowest BCUT2D eigenvalue weighted by molar-refractivity contribution is 0.0728. The molecule has 0 aliphatic heterocycles. The van der Waals surface area contributed by atoms with Gasteiger partial charge in [0.1, 0.15) is 29.5 Å². The van der Waals surface area contributed by atoms with Crippen LogP contribution >= 0.6 is 15.9 Å². The van der Waals surface area contributed by atoms with Crippen LogP contribution in [0.4, 0.5) is 4.39 Å². The van der Waals surface area contributed by atoms with Crippen LogP contribution in [0.1, 0.15) is 27.0 Å². The van der Waals surface area contributed by atoms with E-state index in [-0.39, 0.29) is 33.5 Å². The first-order valence-electron chi connectivity index (χ1n) is 8.80. The summed E-state index contributed by atoms with van der Waals surface area (Å²) in [5.41, 5.74) is 1.02. The molecular formula is C24H18BrFO3. The van der Waals surface area contributed by atoms with Crippen LogP contribution in [0.15, 0.2) is 78.3 Å². The van der Waals surface area contributed by atoms with E-state index in [1.165, 1.54) is 12.2 Å². The molecule has 0 spiro atoms. The molecule has 0 bridgehead atoms. The van der Waals surface area contributed by atoms with Gasteiger partial charge in [-0.15, -0.1) is 0 Å². The number of benzene rings is 3. The zero-order valence-corrected chi connectivity index (χ0v) is 17.1. The van der Waals surface area contributed by atoms with Crippen molar-refractivity contribution in [1.82, 2.24) is 0 Å². The molecule has 29 heavy (non-hydrogen) atoms. The van der Waals surface area contributed by atoms with Crippen LogP contribution in [0.2, 0.25) is 0 Å². The van der Waals surface area contributed by atoms with Gasteiger partial charge in [0.05, 0.1) is 4.47 Å². The first kappa shape index (κ1) is 20.6. The highest BCUT2D eigenvalue weighted by atomic mass is 79.9. The predicted octanol–water partition coefficient (Wildman–Crippen LogP) is 6.67. The Morgan fingerprint density at radius 3 is 2.14 bits per heavy atom. The van der Waals surface area contributed by atoms with Crippen molar-refractivity contribution < 1.29 is 18.7 Å². The van der Waals surface area contributed by atoms with Gasteiger partial charge in [-0.1, -0.05) is 73.8 Å². The minimum atomic E-state index is -0.746. The Bertz CT molecular complexity index is 1050. The van der Waals surface area contributed by atoms with E-state index in [1.54, 1.807) is 30.3 Å². The van der Waals surface area contributed by atoms with Crippen LogP contribution < -0.4 is 9.47 Å². The highest BCUT2D eigenvalue weighted by molar-refractivity contribution is 9.10. The summed E-state index contributed by atoms with van der Waals surface area (Å²) in [6.07, 6.45) is 2.62. The number of para-hydroxylation sites is 1. The Hall–Kier alpha value is -3.18. The number of esters is 1. The number of hydrogen-bond acceptors (Lipinski definition) is 3. The maximum absolute atomic E-state index is 15.0. The molecule has 3 rings (SSSR count). The number of ether oxygens (including phenoxy) is 2. The number of rotatable bonds is 7. The number of hydrogen-bond donors (Lipinski definition) is 0. The summed E-state index contributed by atoms with van der Waals surface area (Å²) in [5.74, 6) is -0.870. The molecule has 3 aromatic carbocycles. The molecule has 0 atom stereocenters. The van der Waals surface area contributed by atoms with Gasteiger partial charge in [0.2, 0.25) is 0 Å². The Kier molecular flexibility index (Phi) is 6.62. The summed E-state index contributed by atoms with van der Waals surface area (Å²) >= 11 is 3.36. The van der Waals surface area contributed by atoms with Crippen molar-refractivity contribution in [3.63, 3.8) is 0 Å². The lowest BCUT2D eigenvalue weighted by atomic mass is 10.0. The van der Waals surface area contributed by atoms with Gasteiger partial charge in [0.25, 0.3) is 0 Å². The fourth-order valence-electron chi connectivity index (χ4n) is 2.79. The minimum absolute atomic E-state index is 0.00732. The Labute approximate surface area is 177 Å². The molecule has 0 fully saturated rings. The molecule has 0 radical (unpaired) electrons. The van der Waals surface area contributed by atoms with Crippen LogP contribution in [-0.2, 0) is 6.61 Å². The number of carbonyl (C=O) groups excluding carboxylic acids is 1. The summed E-state index contributed by atoms with van der Waals surface area (Å²) in [6, 6.07) is 18.0. The van der Waals surface area contributed by atoms with E-state index in [2.05, 4.69) is 29.1 Å². The van der Waals surface area contributed by atoms with E-state index in [4.69, 9.17) is 9.47 Å². The standard InChI is InChI=1S/C24H18BrFO3/c1-3-18-20(24(27)29-17-13-9-6-10-14-17)23(21(25)19(4-2)22(18)26)28-15-16-11-7-5-8-12-16/h3-14H,1-2,15H2. The number of halogens is 2. The SMILES string of the molecule is C=Cc1c(F)c(C=C)c(C(=O)Oc2ccccc2)c(OCc2ccccc2)c1Br. The van der Waals surface area contributed by atoms with Crippen molar-refractivity contribution in [2.45, 2.75) is 6.61 Å². The van der Waals surface area contributed by atoms with Crippen LogP contribution in [0, 0.1) is 5.82 Å². The molecule has 0 saturated carbocycles. The van der Waals surface area contributed by atoms with E-state index < -0.39 is 11.8 Å². The van der Waals surface area contributed by atoms with Crippen LogP contribution in [0.25, 0.3) is 12.2 Å². The molecule has 0 unspecified atom stereocenters. The molecule has 0 heterocycles. The Morgan fingerprint density at radius 1 is 0.966 bits per heavy atom. The third-order valence-electron chi connectivity index (χ3n) is 4.20. The van der Waals surface area contributed by atoms with Crippen LogP contribution in [0.3, 0.4) is 0 Å². The highest BCUT2D eigenvalue weighted by Crippen LogP contribution is 2.39. The van der Waals surface area contributed by atoms with Crippen molar-refractivity contribution in [2.75, 3.05) is 0 Å². The first-order chi connectivity index (χ1) is 14.1. The third kappa shape index (κ3) is 4.46. The zero-order valence-electron chi connectivity index (χ0n) is 15.5. The van der Waals surface area contributed by atoms with E-state index in [9.17, 15) is 4.79 Å². The van der Waals surface area contributed by atoms with Gasteiger partial charge in [0.15, 0.2) is 0 Å². The van der Waals surface area contributed by atoms with Gasteiger partial charge in [-0.2, -0.15) is 0 Å². The van der Waals surface area contributed by atoms with Crippen molar-refractivity contribution >= 4 is 34.1 Å². The van der Waals surface area contributed by atoms with E-state index in [0.717, 1.165) is 5.56 Å². The molecule has 0 aliphatic rings. The predicted molar refractivity (Wildman–Crippen MR) is 116 cm³/mol. The van der Waals surface area contributed by atoms with Crippen molar-refractivity contribution in [3.8, 4) is 11.5 Å². The smallest absolute Gasteiger partial charge is 0.348 e. The molecule has 0 saturated heterocycles. The average molecular weight is 453 g/mol. The molecular weight excluding hydrogens is 435 g/mol. The number of carbonyl (C=O) groups is 1. The summed E-state index contributed by atoms with van der Waals surface area (Å²) in [4.78, 5) is 13.0. The average Bonchev–Trinajstić information content (AvgIpc) is 2.74. The molecule has 146 valence electrons. The van der Waals surface area contributed by atoms with Crippen molar-refractivity contribution in [1.29, 1.82) is 0 Å². The molecule has 0 aliphatic carbocycles. The second-order valence-corrected chi connectivity index (χ2v) is 6.84. The molecule has 3 nitrogen and oxygen atoms in total. The maximum Gasteiger partial charge on any atom is 0.348 e. The lowest BCUT2D eigenvalue weighted by Crippen LogP contribution is -2.15. The summed E-state index contributed by atoms with van der Waals surface area (Å²) in [5, 5.41) is 0. The summed E-state index contributed by atoms with van der Waals surface area (Å²) in [6.45, 7) is 7.49. The van der Waals surface area contributed by atoms with Crippen LogP contribution in [0.5, 0.6) is 11.5 Å². The minimum Gasteiger partial charge on any atom is -0.487 e. The molecule has 0 aromatic heterocycles. The van der Waals surface area contributed by atoms with Crippen LogP contribution in [-0.4, -0.2) is 5.97 Å². The Balaban J connectivity index is 2.09. The second-order valence-electron chi connectivity index (χ2n) is 6.04. The van der Waals surface area contributed by atoms with Crippen molar-refractivity contribution in [3.05, 3.63) is 106 Å². The summed E-state index contributed by atoms with van der Waals surface area (Å²) < 4.78 is 26.7. The first-order valence-corrected chi connectivity index (χ1v) is 9.59. The van der Waals surface area contributed by atoms with E-state index >= 15 is 4.39 Å². The normalized spacial score (nSPS) is 10.3. The fourth-order valence-corrected chi connectivity index (χ4v) is 3.44. The van der Waals surface area contributed by atoms with Gasteiger partial charge >= 0.3 is 5.97 Å². The molecule has 3 aromatic rings.